The summed E-state index contributed by atoms with van der Waals surface area (Å²) in [6, 6.07) is 10.9. The number of hydrogen-bond donors (Lipinski definition) is 4. The van der Waals surface area contributed by atoms with Gasteiger partial charge in [0.25, 0.3) is 5.91 Å². The van der Waals surface area contributed by atoms with Crippen LogP contribution in [0.1, 0.15) is 23.2 Å². The van der Waals surface area contributed by atoms with E-state index in [9.17, 15) is 14.4 Å². The van der Waals surface area contributed by atoms with Gasteiger partial charge in [0, 0.05) is 12.1 Å². The van der Waals surface area contributed by atoms with Crippen molar-refractivity contribution in [3.05, 3.63) is 48.0 Å². The number of amides is 3. The molecule has 3 amide bonds. The average Bonchev–Trinajstić information content (AvgIpc) is 3.27. The van der Waals surface area contributed by atoms with Crippen molar-refractivity contribution in [3.8, 4) is 17.1 Å². The molecule has 0 radical (unpaired) electrons. The van der Waals surface area contributed by atoms with E-state index in [-0.39, 0.29) is 30.6 Å². The highest BCUT2D eigenvalue weighted by atomic mass is 16.5. The first-order valence-corrected chi connectivity index (χ1v) is 9.47. The number of nitrogens with one attached hydrogen (secondary N) is 4. The summed E-state index contributed by atoms with van der Waals surface area (Å²) < 4.78 is 5.30. The maximum absolute atomic E-state index is 12.5. The molecule has 1 aliphatic heterocycles. The zero-order valence-electron chi connectivity index (χ0n) is 16.5. The lowest BCUT2D eigenvalue weighted by Crippen LogP contribution is -2.41. The van der Waals surface area contributed by atoms with Crippen molar-refractivity contribution in [1.29, 1.82) is 0 Å². The largest absolute Gasteiger partial charge is 0.496 e. The van der Waals surface area contributed by atoms with Crippen molar-refractivity contribution >= 4 is 29.1 Å². The summed E-state index contributed by atoms with van der Waals surface area (Å²) >= 11 is 0. The number of ether oxygens (including phenoxy) is 1. The molecular weight excluding hydrogens is 402 g/mol. The molecular formula is C20H19N7O4. The third-order valence-electron chi connectivity index (χ3n) is 4.78. The molecule has 4 rings (SSSR count). The highest BCUT2D eigenvalue weighted by Crippen LogP contribution is 2.30. The molecule has 11 heteroatoms. The van der Waals surface area contributed by atoms with Crippen LogP contribution < -0.4 is 20.7 Å². The maximum atomic E-state index is 12.5. The molecule has 0 saturated heterocycles. The molecule has 2 heterocycles. The van der Waals surface area contributed by atoms with Gasteiger partial charge in [-0.3, -0.25) is 14.4 Å². The smallest absolute Gasteiger partial charge is 0.254 e. The summed E-state index contributed by atoms with van der Waals surface area (Å²) in [6.45, 7) is 0. The number of aromatic amines is 1. The summed E-state index contributed by atoms with van der Waals surface area (Å²) in [6.07, 6.45) is 0.170. The number of rotatable bonds is 6. The van der Waals surface area contributed by atoms with Crippen molar-refractivity contribution < 1.29 is 19.1 Å². The Morgan fingerprint density at radius 1 is 1.16 bits per heavy atom. The number of nitrogens with zero attached hydrogens (tertiary/aromatic N) is 3. The lowest BCUT2D eigenvalue weighted by Gasteiger charge is -2.14. The van der Waals surface area contributed by atoms with E-state index >= 15 is 0 Å². The van der Waals surface area contributed by atoms with E-state index in [1.807, 2.05) is 0 Å². The highest BCUT2D eigenvalue weighted by molar-refractivity contribution is 6.10. The quantitative estimate of drug-likeness (QED) is 0.469. The molecule has 1 aliphatic rings. The molecule has 158 valence electrons. The third-order valence-corrected chi connectivity index (χ3v) is 4.78. The van der Waals surface area contributed by atoms with Crippen molar-refractivity contribution in [2.45, 2.75) is 18.9 Å². The Morgan fingerprint density at radius 2 is 2.00 bits per heavy atom. The van der Waals surface area contributed by atoms with E-state index in [0.717, 1.165) is 0 Å². The van der Waals surface area contributed by atoms with Crippen LogP contribution in [0.2, 0.25) is 0 Å². The van der Waals surface area contributed by atoms with Crippen molar-refractivity contribution in [2.75, 3.05) is 17.7 Å². The van der Waals surface area contributed by atoms with Crippen LogP contribution >= 0.6 is 0 Å². The lowest BCUT2D eigenvalue weighted by atomic mass is 10.1. The lowest BCUT2D eigenvalue weighted by molar-refractivity contribution is -0.118. The average molecular weight is 421 g/mol. The minimum Gasteiger partial charge on any atom is -0.496 e. The van der Waals surface area contributed by atoms with E-state index in [1.54, 1.807) is 42.5 Å². The fourth-order valence-corrected chi connectivity index (χ4v) is 3.25. The molecule has 0 saturated carbocycles. The number of anilines is 2. The first-order valence-electron chi connectivity index (χ1n) is 9.47. The van der Waals surface area contributed by atoms with Crippen LogP contribution in [0.5, 0.6) is 5.75 Å². The Bertz CT molecular complexity index is 1130. The normalized spacial score (nSPS) is 15.3. The first-order chi connectivity index (χ1) is 15.0. The minimum absolute atomic E-state index is 0.0261. The fraction of sp³-hybridized carbons (Fsp3) is 0.200. The molecule has 0 spiro atoms. The summed E-state index contributed by atoms with van der Waals surface area (Å²) in [7, 11) is 1.52. The standard InChI is InChI=1S/C20H19N7O4/c1-31-16-8-6-11(10-13(16)18-24-26-27-25-18)21-17(28)9-7-15-20(30)22-14-5-3-2-4-12(14)19(29)23-15/h2-6,8,10,15H,7,9H2,1H3,(H,21,28)(H,22,30)(H,23,29)(H,24,25,26,27)/t15-/m0/s1. The number of aromatic nitrogens is 4. The molecule has 0 fully saturated rings. The number of benzene rings is 2. The SMILES string of the molecule is COc1ccc(NC(=O)CC[C@@H]2NC(=O)c3ccccc3NC2=O)cc1-c1nn[nH]n1. The molecule has 2 aromatic carbocycles. The van der Waals surface area contributed by atoms with Crippen LogP contribution in [0.15, 0.2) is 42.5 Å². The monoisotopic (exact) mass is 421 g/mol. The van der Waals surface area contributed by atoms with Crippen LogP contribution in [0, 0.1) is 0 Å². The van der Waals surface area contributed by atoms with Gasteiger partial charge in [0.05, 0.1) is 23.9 Å². The van der Waals surface area contributed by atoms with Gasteiger partial charge in [0.2, 0.25) is 17.6 Å². The van der Waals surface area contributed by atoms with Crippen molar-refractivity contribution in [1.82, 2.24) is 25.9 Å². The van der Waals surface area contributed by atoms with E-state index in [4.69, 9.17) is 4.74 Å². The highest BCUT2D eigenvalue weighted by Gasteiger charge is 2.27. The zero-order chi connectivity index (χ0) is 21.8. The molecule has 1 atom stereocenters. The predicted octanol–water partition coefficient (Wildman–Crippen LogP) is 1.34. The van der Waals surface area contributed by atoms with E-state index in [0.29, 0.717) is 34.1 Å². The van der Waals surface area contributed by atoms with Gasteiger partial charge in [0.15, 0.2) is 0 Å². The first kappa shape index (κ1) is 20.0. The van der Waals surface area contributed by atoms with E-state index in [2.05, 4.69) is 36.6 Å². The van der Waals surface area contributed by atoms with Crippen LogP contribution in [0.4, 0.5) is 11.4 Å². The van der Waals surface area contributed by atoms with Gasteiger partial charge in [-0.05, 0) is 42.0 Å². The topological polar surface area (TPSA) is 151 Å². The Balaban J connectivity index is 1.40. The number of carbonyl (C=O) groups excluding carboxylic acids is 3. The molecule has 11 nitrogen and oxygen atoms in total. The van der Waals surface area contributed by atoms with Crippen molar-refractivity contribution in [3.63, 3.8) is 0 Å². The van der Waals surface area contributed by atoms with E-state index in [1.165, 1.54) is 7.11 Å². The van der Waals surface area contributed by atoms with E-state index < -0.39 is 6.04 Å². The Morgan fingerprint density at radius 3 is 2.77 bits per heavy atom. The van der Waals surface area contributed by atoms with Gasteiger partial charge in [0.1, 0.15) is 11.8 Å². The Hall–Kier alpha value is -4.28. The molecule has 0 aliphatic carbocycles. The molecule has 31 heavy (non-hydrogen) atoms. The summed E-state index contributed by atoms with van der Waals surface area (Å²) in [5.74, 6) is -0.190. The molecule has 3 aromatic rings. The Kier molecular flexibility index (Phi) is 5.56. The van der Waals surface area contributed by atoms with Crippen LogP contribution in [-0.4, -0.2) is 51.5 Å². The maximum Gasteiger partial charge on any atom is 0.254 e. The van der Waals surface area contributed by atoms with Gasteiger partial charge >= 0.3 is 0 Å². The number of para-hydroxylation sites is 1. The van der Waals surface area contributed by atoms with Crippen LogP contribution in [0.25, 0.3) is 11.4 Å². The number of tetrazole rings is 1. The number of fused-ring (bicyclic) bond motifs is 1. The Labute approximate surface area is 176 Å². The summed E-state index contributed by atoms with van der Waals surface area (Å²) in [5.41, 5.74) is 1.90. The van der Waals surface area contributed by atoms with Crippen molar-refractivity contribution in [2.24, 2.45) is 0 Å². The van der Waals surface area contributed by atoms with Gasteiger partial charge in [-0.1, -0.05) is 12.1 Å². The molecule has 0 unspecified atom stereocenters. The number of hydrogen-bond acceptors (Lipinski definition) is 7. The van der Waals surface area contributed by atoms with Gasteiger partial charge in [-0.15, -0.1) is 10.2 Å². The molecule has 4 N–H and O–H groups in total. The number of H-pyrrole nitrogens is 1. The predicted molar refractivity (Wildman–Crippen MR) is 110 cm³/mol. The number of methoxy groups -OCH3 is 1. The van der Waals surface area contributed by atoms with Gasteiger partial charge < -0.3 is 20.7 Å². The van der Waals surface area contributed by atoms with Crippen LogP contribution in [-0.2, 0) is 9.59 Å². The minimum atomic E-state index is -0.823. The second-order valence-corrected chi connectivity index (χ2v) is 6.80. The molecule has 1 aromatic heterocycles. The fourth-order valence-electron chi connectivity index (χ4n) is 3.25. The van der Waals surface area contributed by atoms with Gasteiger partial charge in [-0.25, -0.2) is 0 Å². The van der Waals surface area contributed by atoms with Gasteiger partial charge in [-0.2, -0.15) is 5.21 Å². The number of carbonyl (C=O) groups is 3. The molecule has 0 bridgehead atoms. The zero-order valence-corrected chi connectivity index (χ0v) is 16.5. The second-order valence-electron chi connectivity index (χ2n) is 6.80. The third kappa shape index (κ3) is 4.34. The second kappa shape index (κ2) is 8.61. The summed E-state index contributed by atoms with van der Waals surface area (Å²) in [5, 5.41) is 21.9. The summed E-state index contributed by atoms with van der Waals surface area (Å²) in [4.78, 5) is 37.3. The van der Waals surface area contributed by atoms with Crippen LogP contribution in [0.3, 0.4) is 0 Å².